The Morgan fingerprint density at radius 3 is 1.60 bits per heavy atom. The monoisotopic (exact) mass is 569 g/mol. The van der Waals surface area contributed by atoms with Gasteiger partial charge in [-0.05, 0) is 94.9 Å². The van der Waals surface area contributed by atoms with E-state index in [4.69, 9.17) is 4.42 Å². The lowest BCUT2D eigenvalue weighted by Crippen LogP contribution is -2.09. The van der Waals surface area contributed by atoms with Crippen LogP contribution in [0.2, 0.25) is 0 Å². The van der Waals surface area contributed by atoms with E-state index in [1.54, 1.807) is 0 Å². The van der Waals surface area contributed by atoms with Gasteiger partial charge in [0.15, 0.2) is 0 Å². The second kappa shape index (κ2) is 10.8. The molecule has 6 aromatic carbocycles. The van der Waals surface area contributed by atoms with E-state index in [1.807, 2.05) is 29.5 Å². The topological polar surface area (TPSA) is 16.4 Å². The largest absolute Gasteiger partial charge is 0.456 e. The molecule has 0 saturated carbocycles. The van der Waals surface area contributed by atoms with Crippen LogP contribution in [0.15, 0.2) is 168 Å². The lowest BCUT2D eigenvalue weighted by Gasteiger charge is -2.26. The fourth-order valence-corrected chi connectivity index (χ4v) is 6.75. The van der Waals surface area contributed by atoms with Gasteiger partial charge in [-0.1, -0.05) is 91.0 Å². The van der Waals surface area contributed by atoms with Crippen LogP contribution in [0.1, 0.15) is 0 Å². The molecule has 0 aliphatic carbocycles. The van der Waals surface area contributed by atoms with Crippen molar-refractivity contribution >= 4 is 49.5 Å². The Bertz CT molecular complexity index is 1970. The van der Waals surface area contributed by atoms with Crippen LogP contribution < -0.4 is 4.90 Å². The van der Waals surface area contributed by atoms with E-state index in [0.717, 1.165) is 39.4 Å². The SMILES string of the molecule is c1ccc(-c2ccc(N(c3ccc(-c4cc5ccccc5o4)cc3)c3ccc(-c4cc5ccccc5s4)cc3)cc2)cc1. The summed E-state index contributed by atoms with van der Waals surface area (Å²) in [5.41, 5.74) is 8.89. The first-order valence-corrected chi connectivity index (χ1v) is 15.2. The maximum Gasteiger partial charge on any atom is 0.135 e. The normalized spacial score (nSPS) is 11.3. The predicted octanol–water partition coefficient (Wildman–Crippen LogP) is 12.1. The van der Waals surface area contributed by atoms with E-state index >= 15 is 0 Å². The average molecular weight is 570 g/mol. The van der Waals surface area contributed by atoms with Crippen LogP contribution in [0.4, 0.5) is 17.1 Å². The van der Waals surface area contributed by atoms with Gasteiger partial charge in [-0.25, -0.2) is 0 Å². The summed E-state index contributed by atoms with van der Waals surface area (Å²) in [5.74, 6) is 0.874. The number of hydrogen-bond acceptors (Lipinski definition) is 3. The molecule has 0 spiro atoms. The molecule has 8 aromatic rings. The Hall–Kier alpha value is -5.38. The van der Waals surface area contributed by atoms with E-state index in [0.29, 0.717) is 0 Å². The summed E-state index contributed by atoms with van der Waals surface area (Å²) in [6.07, 6.45) is 0. The zero-order chi connectivity index (χ0) is 28.6. The minimum atomic E-state index is 0.874. The van der Waals surface area contributed by atoms with Crippen molar-refractivity contribution in [3.8, 4) is 32.9 Å². The minimum Gasteiger partial charge on any atom is -0.456 e. The summed E-state index contributed by atoms with van der Waals surface area (Å²) in [6.45, 7) is 0. The average Bonchev–Trinajstić information content (AvgIpc) is 3.71. The van der Waals surface area contributed by atoms with Gasteiger partial charge in [0.1, 0.15) is 11.3 Å². The van der Waals surface area contributed by atoms with E-state index in [9.17, 15) is 0 Å². The molecule has 8 rings (SSSR count). The molecule has 43 heavy (non-hydrogen) atoms. The zero-order valence-electron chi connectivity index (χ0n) is 23.4. The molecule has 0 saturated heterocycles. The van der Waals surface area contributed by atoms with Crippen LogP contribution in [0.3, 0.4) is 0 Å². The standard InChI is InChI=1S/C40H27NOS/c1-2-8-28(9-3-1)29-14-20-34(21-15-29)41(35-22-16-30(17-23-35)38-26-32-10-4-6-12-37(32)42-38)36-24-18-31(19-25-36)40-27-33-11-5-7-13-39(33)43-40/h1-27H. The number of benzene rings is 6. The molecule has 3 heteroatoms. The molecule has 0 atom stereocenters. The maximum absolute atomic E-state index is 6.14. The molecule has 0 N–H and O–H groups in total. The van der Waals surface area contributed by atoms with E-state index in [1.165, 1.54) is 31.7 Å². The van der Waals surface area contributed by atoms with Gasteiger partial charge in [0.2, 0.25) is 0 Å². The number of furan rings is 1. The summed E-state index contributed by atoms with van der Waals surface area (Å²) in [7, 11) is 0. The molecule has 0 radical (unpaired) electrons. The molecule has 2 nitrogen and oxygen atoms in total. The van der Waals surface area contributed by atoms with Crippen molar-refractivity contribution in [2.24, 2.45) is 0 Å². The number of rotatable bonds is 6. The Kier molecular flexibility index (Phi) is 6.36. The first-order chi connectivity index (χ1) is 21.3. The molecule has 0 amide bonds. The van der Waals surface area contributed by atoms with Gasteiger partial charge in [0.25, 0.3) is 0 Å². The van der Waals surface area contributed by atoms with Crippen LogP contribution >= 0.6 is 11.3 Å². The molecule has 2 heterocycles. The third kappa shape index (κ3) is 4.90. The Morgan fingerprint density at radius 1 is 0.419 bits per heavy atom. The number of thiophene rings is 1. The fraction of sp³-hybridized carbons (Fsp3) is 0. The first kappa shape index (κ1) is 25.3. The van der Waals surface area contributed by atoms with Crippen molar-refractivity contribution in [3.63, 3.8) is 0 Å². The molecular weight excluding hydrogens is 543 g/mol. The minimum absolute atomic E-state index is 0.874. The van der Waals surface area contributed by atoms with Gasteiger partial charge in [-0.3, -0.25) is 0 Å². The van der Waals surface area contributed by atoms with Crippen molar-refractivity contribution in [3.05, 3.63) is 164 Å². The molecular formula is C40H27NOS. The summed E-state index contributed by atoms with van der Waals surface area (Å²) >= 11 is 1.84. The van der Waals surface area contributed by atoms with Gasteiger partial charge >= 0.3 is 0 Å². The molecule has 2 aromatic heterocycles. The second-order valence-electron chi connectivity index (χ2n) is 10.6. The molecule has 204 valence electrons. The quantitative estimate of drug-likeness (QED) is 0.198. The Balaban J connectivity index is 1.17. The van der Waals surface area contributed by atoms with Crippen molar-refractivity contribution in [2.45, 2.75) is 0 Å². The smallest absolute Gasteiger partial charge is 0.135 e. The van der Waals surface area contributed by atoms with Crippen molar-refractivity contribution < 1.29 is 4.42 Å². The predicted molar refractivity (Wildman–Crippen MR) is 183 cm³/mol. The summed E-state index contributed by atoms with van der Waals surface area (Å²) in [4.78, 5) is 3.59. The number of fused-ring (bicyclic) bond motifs is 2. The van der Waals surface area contributed by atoms with Crippen LogP contribution in [0, 0.1) is 0 Å². The third-order valence-corrected chi connectivity index (χ3v) is 9.07. The molecule has 0 aliphatic rings. The summed E-state index contributed by atoms with van der Waals surface area (Å²) < 4.78 is 7.45. The maximum atomic E-state index is 6.14. The number of nitrogens with zero attached hydrogens (tertiary/aromatic N) is 1. The summed E-state index contributed by atoms with van der Waals surface area (Å²) in [6, 6.07) is 58.0. The molecule has 0 aliphatic heterocycles. The second-order valence-corrected chi connectivity index (χ2v) is 11.7. The van der Waals surface area contributed by atoms with Gasteiger partial charge < -0.3 is 9.32 Å². The van der Waals surface area contributed by atoms with Crippen LogP contribution in [0.25, 0.3) is 53.9 Å². The molecule has 0 bridgehead atoms. The zero-order valence-corrected chi connectivity index (χ0v) is 24.2. The number of anilines is 3. The van der Waals surface area contributed by atoms with Crippen molar-refractivity contribution in [1.82, 2.24) is 0 Å². The number of para-hydroxylation sites is 1. The van der Waals surface area contributed by atoms with E-state index < -0.39 is 0 Å². The highest BCUT2D eigenvalue weighted by Gasteiger charge is 2.15. The Labute approximate surface area is 254 Å². The fourth-order valence-electron chi connectivity index (χ4n) is 5.68. The van der Waals surface area contributed by atoms with Gasteiger partial charge in [0, 0.05) is 37.6 Å². The Morgan fingerprint density at radius 2 is 0.953 bits per heavy atom. The highest BCUT2D eigenvalue weighted by atomic mass is 32.1. The first-order valence-electron chi connectivity index (χ1n) is 14.4. The highest BCUT2D eigenvalue weighted by Crippen LogP contribution is 2.39. The van der Waals surface area contributed by atoms with Crippen LogP contribution in [0.5, 0.6) is 0 Å². The number of hydrogen-bond donors (Lipinski definition) is 0. The highest BCUT2D eigenvalue weighted by molar-refractivity contribution is 7.22. The molecule has 0 unspecified atom stereocenters. The summed E-state index contributed by atoms with van der Waals surface area (Å²) in [5, 5.41) is 2.40. The third-order valence-electron chi connectivity index (χ3n) is 7.90. The van der Waals surface area contributed by atoms with Crippen molar-refractivity contribution in [2.75, 3.05) is 4.90 Å². The lowest BCUT2D eigenvalue weighted by molar-refractivity contribution is 0.631. The lowest BCUT2D eigenvalue weighted by atomic mass is 10.0. The van der Waals surface area contributed by atoms with Crippen LogP contribution in [-0.4, -0.2) is 0 Å². The van der Waals surface area contributed by atoms with E-state index in [2.05, 4.69) is 150 Å². The van der Waals surface area contributed by atoms with Gasteiger partial charge in [-0.2, -0.15) is 0 Å². The van der Waals surface area contributed by atoms with Crippen molar-refractivity contribution in [1.29, 1.82) is 0 Å². The van der Waals surface area contributed by atoms with E-state index in [-0.39, 0.29) is 0 Å². The molecule has 0 fully saturated rings. The van der Waals surface area contributed by atoms with Gasteiger partial charge in [0.05, 0.1) is 0 Å². The van der Waals surface area contributed by atoms with Gasteiger partial charge in [-0.15, -0.1) is 11.3 Å². The van der Waals surface area contributed by atoms with Crippen LogP contribution in [-0.2, 0) is 0 Å².